The predicted octanol–water partition coefficient (Wildman–Crippen LogP) is 1.66. The van der Waals surface area contributed by atoms with Crippen molar-refractivity contribution < 1.29 is 14.1 Å². The lowest BCUT2D eigenvalue weighted by atomic mass is 10.2. The molecule has 0 fully saturated rings. The van der Waals surface area contributed by atoms with Gasteiger partial charge in [0.25, 0.3) is 11.6 Å². The maximum Gasteiger partial charge on any atom is 0.267 e. The second kappa shape index (κ2) is 6.68. The van der Waals surface area contributed by atoms with Crippen LogP contribution in [0.15, 0.2) is 33.9 Å². The largest absolute Gasteiger partial charge is 0.497 e. The average molecular weight is 283 g/mol. The van der Waals surface area contributed by atoms with Crippen LogP contribution in [0.1, 0.15) is 5.89 Å². The normalized spacial score (nSPS) is 9.29. The fourth-order valence-corrected chi connectivity index (χ4v) is 1.39. The summed E-state index contributed by atoms with van der Waals surface area (Å²) in [5, 5.41) is 24.1. The van der Waals surface area contributed by atoms with Crippen LogP contribution in [0.5, 0.6) is 5.75 Å². The van der Waals surface area contributed by atoms with E-state index in [1.54, 1.807) is 43.5 Å². The van der Waals surface area contributed by atoms with Gasteiger partial charge >= 0.3 is 0 Å². The molecular weight excluding hydrogens is 274 g/mol. The summed E-state index contributed by atoms with van der Waals surface area (Å²) in [5.41, 5.74) is 0.369. The summed E-state index contributed by atoms with van der Waals surface area (Å²) in [4.78, 5) is 8.88. The second-order valence-electron chi connectivity index (χ2n) is 3.68. The smallest absolute Gasteiger partial charge is 0.267 e. The fraction of sp³-hybridized carbons (Fsp3) is 0.154. The third-order valence-corrected chi connectivity index (χ3v) is 2.37. The Morgan fingerprint density at radius 3 is 2.62 bits per heavy atom. The van der Waals surface area contributed by atoms with Crippen molar-refractivity contribution in [2.75, 3.05) is 7.11 Å². The van der Waals surface area contributed by atoms with E-state index in [1.165, 1.54) is 0 Å². The number of hydrogen-bond donors (Lipinski definition) is 0. The van der Waals surface area contributed by atoms with Crippen molar-refractivity contribution in [3.8, 4) is 29.3 Å². The van der Waals surface area contributed by atoms with Gasteiger partial charge in [-0.05, 0) is 24.3 Å². The maximum atomic E-state index is 8.47. The zero-order valence-electron chi connectivity index (χ0n) is 11.0. The number of rotatable bonds is 5. The number of benzene rings is 1. The highest BCUT2D eigenvalue weighted by molar-refractivity contribution is 6.09. The van der Waals surface area contributed by atoms with Crippen LogP contribution in [0.3, 0.4) is 0 Å². The topological polar surface area (TPSA) is 117 Å². The Balaban J connectivity index is 2.03. The summed E-state index contributed by atoms with van der Waals surface area (Å²) in [7, 11) is 1.58. The highest BCUT2D eigenvalue weighted by Gasteiger charge is 2.09. The first-order valence-corrected chi connectivity index (χ1v) is 5.74. The Labute approximate surface area is 119 Å². The minimum atomic E-state index is -0.384. The molecule has 0 atom stereocenters. The average Bonchev–Trinajstić information content (AvgIpc) is 3.00. The van der Waals surface area contributed by atoms with E-state index in [0.717, 1.165) is 11.3 Å². The summed E-state index contributed by atoms with van der Waals surface area (Å²) in [6.07, 6.45) is 0. The van der Waals surface area contributed by atoms with Gasteiger partial charge in [0.1, 0.15) is 17.9 Å². The van der Waals surface area contributed by atoms with Gasteiger partial charge in [-0.2, -0.15) is 15.5 Å². The van der Waals surface area contributed by atoms with Crippen molar-refractivity contribution in [3.63, 3.8) is 0 Å². The van der Waals surface area contributed by atoms with E-state index in [-0.39, 0.29) is 18.2 Å². The number of aromatic nitrogens is 2. The first-order valence-electron chi connectivity index (χ1n) is 5.74. The summed E-state index contributed by atoms with van der Waals surface area (Å²) in [6, 6.07) is 10.3. The number of nitrogens with zero attached hydrogens (tertiary/aromatic N) is 5. The van der Waals surface area contributed by atoms with Crippen LogP contribution in [0.2, 0.25) is 0 Å². The van der Waals surface area contributed by atoms with Gasteiger partial charge in [0, 0.05) is 5.56 Å². The van der Waals surface area contributed by atoms with Gasteiger partial charge < -0.3 is 14.1 Å². The lowest BCUT2D eigenvalue weighted by molar-refractivity contribution is 0.106. The summed E-state index contributed by atoms with van der Waals surface area (Å²) >= 11 is 0. The lowest BCUT2D eigenvalue weighted by Crippen LogP contribution is -1.93. The molecule has 0 bridgehead atoms. The molecule has 0 saturated carbocycles. The third kappa shape index (κ3) is 3.55. The molecule has 104 valence electrons. The van der Waals surface area contributed by atoms with Crippen LogP contribution in [-0.4, -0.2) is 23.0 Å². The van der Waals surface area contributed by atoms with E-state index in [1.807, 2.05) is 0 Å². The van der Waals surface area contributed by atoms with Crippen LogP contribution in [0.25, 0.3) is 11.4 Å². The molecule has 1 aromatic heterocycles. The van der Waals surface area contributed by atoms with Crippen LogP contribution < -0.4 is 4.74 Å². The molecule has 0 aliphatic rings. The molecule has 0 unspecified atom stereocenters. The lowest BCUT2D eigenvalue weighted by Gasteiger charge is -1.98. The zero-order valence-corrected chi connectivity index (χ0v) is 11.0. The van der Waals surface area contributed by atoms with Crippen molar-refractivity contribution in [1.82, 2.24) is 10.1 Å². The molecule has 2 rings (SSSR count). The van der Waals surface area contributed by atoms with Gasteiger partial charge in [0.15, 0.2) is 6.61 Å². The zero-order chi connectivity index (χ0) is 15.1. The number of hydrogen-bond acceptors (Lipinski definition) is 8. The van der Waals surface area contributed by atoms with Crippen molar-refractivity contribution in [2.24, 2.45) is 5.16 Å². The molecule has 8 heteroatoms. The Bertz CT molecular complexity index is 706. The van der Waals surface area contributed by atoms with E-state index in [4.69, 9.17) is 24.6 Å². The Morgan fingerprint density at radius 2 is 2.00 bits per heavy atom. The monoisotopic (exact) mass is 283 g/mol. The quantitative estimate of drug-likeness (QED) is 0.604. The van der Waals surface area contributed by atoms with Gasteiger partial charge in [-0.15, -0.1) is 0 Å². The molecule has 0 radical (unpaired) electrons. The molecule has 1 heterocycles. The standard InChI is InChI=1S/C13H9N5O3/c1-19-11-4-2-9(3-5-11)13-16-12(21-18-13)8-20-17-10(6-14)7-15/h2-5H,8H2,1H3. The fourth-order valence-electron chi connectivity index (χ4n) is 1.39. The minimum absolute atomic E-state index is 0.129. The van der Waals surface area contributed by atoms with E-state index >= 15 is 0 Å². The Kier molecular flexibility index (Phi) is 4.46. The van der Waals surface area contributed by atoms with E-state index in [9.17, 15) is 0 Å². The number of methoxy groups -OCH3 is 1. The molecular formula is C13H9N5O3. The summed E-state index contributed by atoms with van der Waals surface area (Å²) in [5.74, 6) is 1.29. The molecule has 8 nitrogen and oxygen atoms in total. The number of ether oxygens (including phenoxy) is 1. The van der Waals surface area contributed by atoms with Crippen molar-refractivity contribution in [1.29, 1.82) is 10.5 Å². The van der Waals surface area contributed by atoms with E-state index in [0.29, 0.717) is 5.82 Å². The molecule has 0 aliphatic carbocycles. The molecule has 0 amide bonds. The van der Waals surface area contributed by atoms with Crippen molar-refractivity contribution >= 4 is 5.71 Å². The molecule has 1 aromatic carbocycles. The molecule has 0 spiro atoms. The van der Waals surface area contributed by atoms with E-state index in [2.05, 4.69) is 15.3 Å². The van der Waals surface area contributed by atoms with Crippen molar-refractivity contribution in [3.05, 3.63) is 30.2 Å². The first-order chi connectivity index (χ1) is 10.3. The predicted molar refractivity (Wildman–Crippen MR) is 69.7 cm³/mol. The first kappa shape index (κ1) is 14.0. The maximum absolute atomic E-state index is 8.47. The van der Waals surface area contributed by atoms with Gasteiger partial charge in [-0.1, -0.05) is 10.3 Å². The van der Waals surface area contributed by atoms with Gasteiger partial charge in [0.2, 0.25) is 5.82 Å². The van der Waals surface area contributed by atoms with Crippen LogP contribution >= 0.6 is 0 Å². The van der Waals surface area contributed by atoms with Crippen molar-refractivity contribution in [2.45, 2.75) is 6.61 Å². The highest BCUT2D eigenvalue weighted by atomic mass is 16.6. The molecule has 2 aromatic rings. The minimum Gasteiger partial charge on any atom is -0.497 e. The van der Waals surface area contributed by atoms with E-state index < -0.39 is 0 Å². The second-order valence-corrected chi connectivity index (χ2v) is 3.68. The van der Waals surface area contributed by atoms with Gasteiger partial charge in [-0.25, -0.2) is 0 Å². The van der Waals surface area contributed by atoms with Crippen LogP contribution in [0.4, 0.5) is 0 Å². The SMILES string of the molecule is COc1ccc(-c2noc(CON=C(C#N)C#N)n2)cc1. The number of oxime groups is 1. The number of nitriles is 2. The van der Waals surface area contributed by atoms with Gasteiger partial charge in [-0.3, -0.25) is 0 Å². The van der Waals surface area contributed by atoms with Crippen LogP contribution in [0, 0.1) is 22.7 Å². The Hall–Kier alpha value is -3.39. The molecule has 0 aliphatic heterocycles. The molecule has 0 N–H and O–H groups in total. The third-order valence-electron chi connectivity index (χ3n) is 2.37. The molecule has 21 heavy (non-hydrogen) atoms. The summed E-state index contributed by atoms with van der Waals surface area (Å²) in [6.45, 7) is -0.129. The molecule has 0 saturated heterocycles. The summed E-state index contributed by atoms with van der Waals surface area (Å²) < 4.78 is 10.0. The Morgan fingerprint density at radius 1 is 1.29 bits per heavy atom. The van der Waals surface area contributed by atoms with Gasteiger partial charge in [0.05, 0.1) is 7.11 Å². The highest BCUT2D eigenvalue weighted by Crippen LogP contribution is 2.19. The van der Waals surface area contributed by atoms with Crippen LogP contribution in [-0.2, 0) is 11.4 Å².